The number of ether oxygens (including phenoxy) is 1. The number of nitrogens with zero attached hydrogens (tertiary/aromatic N) is 3. The lowest BCUT2D eigenvalue weighted by Crippen LogP contribution is -2.49. The van der Waals surface area contributed by atoms with Crippen LogP contribution in [0.5, 0.6) is 5.75 Å². The standard InChI is InChI=1S/C24H25FN4O3S/c1-32-19-6-4-5-17(13-19)16-33-24-26-18(14-22(30)27-24)15-23(31)29-11-9-28(10-12-29)21-8-3-2-7-20(21)25/h2-8,13-14H,9-12,15-16H2,1H3,(H,26,27,30). The van der Waals surface area contributed by atoms with Crippen molar-refractivity contribution in [1.29, 1.82) is 0 Å². The lowest BCUT2D eigenvalue weighted by molar-refractivity contribution is -0.130. The number of nitrogens with one attached hydrogen (secondary N) is 1. The predicted octanol–water partition coefficient (Wildman–Crippen LogP) is 3.10. The molecule has 172 valence electrons. The Morgan fingerprint density at radius 3 is 2.67 bits per heavy atom. The van der Waals surface area contributed by atoms with Gasteiger partial charge in [-0.3, -0.25) is 9.59 Å². The summed E-state index contributed by atoms with van der Waals surface area (Å²) in [5.74, 6) is 1.02. The van der Waals surface area contributed by atoms with E-state index in [9.17, 15) is 14.0 Å². The number of methoxy groups -OCH3 is 1. The van der Waals surface area contributed by atoms with Gasteiger partial charge in [-0.25, -0.2) is 9.37 Å². The smallest absolute Gasteiger partial charge is 0.251 e. The molecule has 4 rings (SSSR count). The monoisotopic (exact) mass is 468 g/mol. The number of hydrogen-bond acceptors (Lipinski definition) is 6. The van der Waals surface area contributed by atoms with Crippen LogP contribution < -0.4 is 15.2 Å². The number of anilines is 1. The molecule has 1 amide bonds. The zero-order valence-corrected chi connectivity index (χ0v) is 19.1. The Morgan fingerprint density at radius 2 is 1.91 bits per heavy atom. The van der Waals surface area contributed by atoms with Gasteiger partial charge in [-0.05, 0) is 29.8 Å². The maximum Gasteiger partial charge on any atom is 0.251 e. The fourth-order valence-corrected chi connectivity index (χ4v) is 4.57. The minimum Gasteiger partial charge on any atom is -0.497 e. The summed E-state index contributed by atoms with van der Waals surface area (Å²) in [5.41, 5.74) is 1.74. The van der Waals surface area contributed by atoms with Crippen LogP contribution in [0.3, 0.4) is 0 Å². The van der Waals surface area contributed by atoms with Crippen LogP contribution in [0.25, 0.3) is 0 Å². The van der Waals surface area contributed by atoms with Gasteiger partial charge in [0.1, 0.15) is 11.6 Å². The number of carbonyl (C=O) groups is 1. The highest BCUT2D eigenvalue weighted by molar-refractivity contribution is 7.98. The van der Waals surface area contributed by atoms with Gasteiger partial charge < -0.3 is 19.5 Å². The van der Waals surface area contributed by atoms with Crippen molar-refractivity contribution in [1.82, 2.24) is 14.9 Å². The van der Waals surface area contributed by atoms with Gasteiger partial charge in [-0.1, -0.05) is 36.0 Å². The Labute approximate surface area is 195 Å². The van der Waals surface area contributed by atoms with Crippen molar-refractivity contribution >= 4 is 23.4 Å². The van der Waals surface area contributed by atoms with Crippen LogP contribution in [0.2, 0.25) is 0 Å². The maximum absolute atomic E-state index is 14.0. The third-order valence-electron chi connectivity index (χ3n) is 5.44. The van der Waals surface area contributed by atoms with Crippen molar-refractivity contribution in [2.75, 3.05) is 38.2 Å². The summed E-state index contributed by atoms with van der Waals surface area (Å²) in [6.07, 6.45) is 0.0519. The van der Waals surface area contributed by atoms with Crippen LogP contribution in [0.1, 0.15) is 11.3 Å². The lowest BCUT2D eigenvalue weighted by Gasteiger charge is -2.36. The molecule has 2 heterocycles. The summed E-state index contributed by atoms with van der Waals surface area (Å²) in [4.78, 5) is 35.8. The van der Waals surface area contributed by atoms with Gasteiger partial charge in [-0.2, -0.15) is 0 Å². The first-order valence-electron chi connectivity index (χ1n) is 10.6. The molecule has 1 fully saturated rings. The first kappa shape index (κ1) is 22.8. The van der Waals surface area contributed by atoms with Gasteiger partial charge in [0, 0.05) is 38.0 Å². The number of aromatic amines is 1. The molecule has 0 unspecified atom stereocenters. The molecule has 1 N–H and O–H groups in total. The van der Waals surface area contributed by atoms with Crippen LogP contribution in [-0.4, -0.2) is 54.1 Å². The number of aromatic nitrogens is 2. The molecule has 0 bridgehead atoms. The molecule has 0 radical (unpaired) electrons. The average molecular weight is 469 g/mol. The fraction of sp³-hybridized carbons (Fsp3) is 0.292. The van der Waals surface area contributed by atoms with E-state index in [2.05, 4.69) is 9.97 Å². The summed E-state index contributed by atoms with van der Waals surface area (Å²) in [7, 11) is 1.62. The van der Waals surface area contributed by atoms with E-state index in [0.717, 1.165) is 11.3 Å². The molecule has 1 saturated heterocycles. The third kappa shape index (κ3) is 5.92. The number of halogens is 1. The topological polar surface area (TPSA) is 78.5 Å². The number of hydrogen-bond donors (Lipinski definition) is 1. The minimum absolute atomic E-state index is 0.0519. The first-order chi connectivity index (χ1) is 16.0. The van der Waals surface area contributed by atoms with E-state index in [1.54, 1.807) is 30.2 Å². The maximum atomic E-state index is 14.0. The molecule has 7 nitrogen and oxygen atoms in total. The average Bonchev–Trinajstić information content (AvgIpc) is 2.83. The number of H-pyrrole nitrogens is 1. The van der Waals surface area contributed by atoms with E-state index in [-0.39, 0.29) is 23.7 Å². The summed E-state index contributed by atoms with van der Waals surface area (Å²) in [6.45, 7) is 2.09. The molecule has 9 heteroatoms. The quantitative estimate of drug-likeness (QED) is 0.424. The van der Waals surface area contributed by atoms with Crippen molar-refractivity contribution in [3.8, 4) is 5.75 Å². The van der Waals surface area contributed by atoms with Gasteiger partial charge in [0.05, 0.1) is 24.9 Å². The van der Waals surface area contributed by atoms with Crippen LogP contribution >= 0.6 is 11.8 Å². The van der Waals surface area contributed by atoms with Crippen molar-refractivity contribution in [2.24, 2.45) is 0 Å². The Bertz CT molecular complexity index is 1180. The highest BCUT2D eigenvalue weighted by Gasteiger charge is 2.23. The van der Waals surface area contributed by atoms with Crippen molar-refractivity contribution < 1.29 is 13.9 Å². The SMILES string of the molecule is COc1cccc(CSc2nc(CC(=O)N3CCN(c4ccccc4F)CC3)cc(=O)[nH]2)c1. The summed E-state index contributed by atoms with van der Waals surface area (Å²) >= 11 is 1.39. The van der Waals surface area contributed by atoms with Crippen LogP contribution in [0, 0.1) is 5.82 Å². The second-order valence-electron chi connectivity index (χ2n) is 7.68. The second-order valence-corrected chi connectivity index (χ2v) is 8.64. The molecule has 0 spiro atoms. The van der Waals surface area contributed by atoms with Crippen molar-refractivity contribution in [3.63, 3.8) is 0 Å². The highest BCUT2D eigenvalue weighted by atomic mass is 32.2. The molecular weight excluding hydrogens is 443 g/mol. The zero-order chi connectivity index (χ0) is 23.2. The molecule has 1 aromatic heterocycles. The molecule has 33 heavy (non-hydrogen) atoms. The first-order valence-corrected chi connectivity index (χ1v) is 11.6. The normalized spacial score (nSPS) is 13.8. The molecule has 1 aliphatic rings. The molecule has 0 saturated carbocycles. The van der Waals surface area contributed by atoms with Gasteiger partial charge in [0.15, 0.2) is 5.16 Å². The van der Waals surface area contributed by atoms with Gasteiger partial charge in [0.25, 0.3) is 5.56 Å². The number of benzene rings is 2. The Morgan fingerprint density at radius 1 is 1.12 bits per heavy atom. The van der Waals surface area contributed by atoms with E-state index in [1.807, 2.05) is 29.2 Å². The summed E-state index contributed by atoms with van der Waals surface area (Å²) in [6, 6.07) is 15.7. The van der Waals surface area contributed by atoms with Crippen molar-refractivity contribution in [3.05, 3.63) is 82.0 Å². The molecule has 1 aliphatic heterocycles. The lowest BCUT2D eigenvalue weighted by atomic mass is 10.2. The van der Waals surface area contributed by atoms with Crippen LogP contribution in [-0.2, 0) is 17.0 Å². The number of piperazine rings is 1. The number of amides is 1. The van der Waals surface area contributed by atoms with Crippen molar-refractivity contribution in [2.45, 2.75) is 17.3 Å². The minimum atomic E-state index is -0.287. The zero-order valence-electron chi connectivity index (χ0n) is 18.3. The van der Waals surface area contributed by atoms with E-state index >= 15 is 0 Å². The predicted molar refractivity (Wildman–Crippen MR) is 126 cm³/mol. The Kier molecular flexibility index (Phi) is 7.29. The molecule has 3 aromatic rings. The van der Waals surface area contributed by atoms with Gasteiger partial charge >= 0.3 is 0 Å². The third-order valence-corrected chi connectivity index (χ3v) is 6.39. The van der Waals surface area contributed by atoms with Gasteiger partial charge in [-0.15, -0.1) is 0 Å². The molecule has 2 aromatic carbocycles. The number of thioether (sulfide) groups is 1. The van der Waals surface area contributed by atoms with E-state index in [0.29, 0.717) is 48.5 Å². The van der Waals surface area contributed by atoms with Crippen LogP contribution in [0.15, 0.2) is 64.5 Å². The van der Waals surface area contributed by atoms with E-state index < -0.39 is 0 Å². The largest absolute Gasteiger partial charge is 0.497 e. The molecular formula is C24H25FN4O3S. The van der Waals surface area contributed by atoms with Crippen LogP contribution in [0.4, 0.5) is 10.1 Å². The Balaban J connectivity index is 1.35. The molecule has 0 atom stereocenters. The van der Waals surface area contributed by atoms with Gasteiger partial charge in [0.2, 0.25) is 5.91 Å². The second kappa shape index (κ2) is 10.5. The molecule has 0 aliphatic carbocycles. The highest BCUT2D eigenvalue weighted by Crippen LogP contribution is 2.22. The number of carbonyl (C=O) groups excluding carboxylic acids is 1. The fourth-order valence-electron chi connectivity index (χ4n) is 3.73. The number of rotatable bonds is 7. The van der Waals surface area contributed by atoms with E-state index in [1.165, 1.54) is 23.9 Å². The number of para-hydroxylation sites is 1. The summed E-state index contributed by atoms with van der Waals surface area (Å²) in [5, 5.41) is 0.470. The van der Waals surface area contributed by atoms with E-state index in [4.69, 9.17) is 4.74 Å². The Hall–Kier alpha value is -3.33. The summed E-state index contributed by atoms with van der Waals surface area (Å²) < 4.78 is 19.3.